The molecule has 1 N–H and O–H groups in total. The molecule has 0 unspecified atom stereocenters. The normalized spacial score (nSPS) is 12.5. The van der Waals surface area contributed by atoms with Gasteiger partial charge in [-0.2, -0.15) is 0 Å². The number of anilines is 1. The van der Waals surface area contributed by atoms with E-state index in [4.69, 9.17) is 4.98 Å². The molecule has 0 atom stereocenters. The van der Waals surface area contributed by atoms with Crippen LogP contribution in [0.25, 0.3) is 16.8 Å². The van der Waals surface area contributed by atoms with Crippen molar-refractivity contribution in [3.63, 3.8) is 0 Å². The average molecular weight is 356 g/mol. The Balaban J connectivity index is 0.00000182. The highest BCUT2D eigenvalue weighted by Crippen LogP contribution is 2.29. The quantitative estimate of drug-likeness (QED) is 0.766. The zero-order valence-corrected chi connectivity index (χ0v) is 15.1. The van der Waals surface area contributed by atoms with Gasteiger partial charge in [0.05, 0.1) is 11.3 Å². The van der Waals surface area contributed by atoms with Gasteiger partial charge in [0.2, 0.25) is 0 Å². The van der Waals surface area contributed by atoms with Gasteiger partial charge in [0, 0.05) is 18.4 Å². The topological polar surface area (TPSA) is 46.4 Å². The molecule has 0 saturated heterocycles. The Labute approximate surface area is 153 Å². The van der Waals surface area contributed by atoms with E-state index in [0.29, 0.717) is 0 Å². The Bertz CT molecular complexity index is 965. The fourth-order valence-electron chi connectivity index (χ4n) is 3.41. The first kappa shape index (κ1) is 17.5. The minimum absolute atomic E-state index is 0. The van der Waals surface area contributed by atoms with Gasteiger partial charge >= 0.3 is 0 Å². The monoisotopic (exact) mass is 355 g/mol. The van der Waals surface area contributed by atoms with Crippen LogP contribution in [0, 0.1) is 0 Å². The molecule has 1 aromatic carbocycles. The molecule has 0 amide bonds. The van der Waals surface area contributed by atoms with Crippen molar-refractivity contribution in [2.24, 2.45) is 0 Å². The standard InChI is InChI=1S/C20H21N3O.ClH/c1-2-3-6-17-19(15-8-9-16-14(13-15)10-11-21-16)20(24)23-12-5-4-7-18(23)22-17;/h4-5,7-9,12-13,21H,2-3,6,10-11H2,1H3;1H. The highest BCUT2D eigenvalue weighted by Gasteiger charge is 2.17. The van der Waals surface area contributed by atoms with Crippen LogP contribution in [0.1, 0.15) is 31.0 Å². The number of nitrogens with one attached hydrogen (secondary N) is 1. The van der Waals surface area contributed by atoms with Gasteiger partial charge in [0.25, 0.3) is 5.56 Å². The van der Waals surface area contributed by atoms with Gasteiger partial charge in [-0.3, -0.25) is 9.20 Å². The first-order valence-corrected chi connectivity index (χ1v) is 8.65. The predicted molar refractivity (Wildman–Crippen MR) is 105 cm³/mol. The van der Waals surface area contributed by atoms with Crippen molar-refractivity contribution in [3.05, 3.63) is 64.2 Å². The first-order chi connectivity index (χ1) is 11.8. The van der Waals surface area contributed by atoms with Crippen molar-refractivity contribution in [2.45, 2.75) is 32.6 Å². The number of unbranched alkanes of at least 4 members (excludes halogenated alkanes) is 1. The van der Waals surface area contributed by atoms with E-state index in [1.165, 1.54) is 11.3 Å². The summed E-state index contributed by atoms with van der Waals surface area (Å²) in [6, 6.07) is 12.0. The zero-order chi connectivity index (χ0) is 16.5. The second kappa shape index (κ2) is 7.28. The van der Waals surface area contributed by atoms with Gasteiger partial charge in [-0.25, -0.2) is 4.98 Å². The second-order valence-corrected chi connectivity index (χ2v) is 6.32. The molecule has 5 heteroatoms. The van der Waals surface area contributed by atoms with E-state index in [0.717, 1.165) is 54.7 Å². The van der Waals surface area contributed by atoms with Crippen LogP contribution in [-0.4, -0.2) is 15.9 Å². The number of benzene rings is 1. The Morgan fingerprint density at radius 2 is 2.12 bits per heavy atom. The second-order valence-electron chi connectivity index (χ2n) is 6.32. The summed E-state index contributed by atoms with van der Waals surface area (Å²) in [5.41, 5.74) is 5.87. The highest BCUT2D eigenvalue weighted by atomic mass is 35.5. The maximum absolute atomic E-state index is 13.1. The number of hydrogen-bond donors (Lipinski definition) is 1. The lowest BCUT2D eigenvalue weighted by atomic mass is 9.99. The van der Waals surface area contributed by atoms with Crippen molar-refractivity contribution in [1.29, 1.82) is 0 Å². The Morgan fingerprint density at radius 3 is 2.96 bits per heavy atom. The number of nitrogens with zero attached hydrogens (tertiary/aromatic N) is 2. The van der Waals surface area contributed by atoms with Gasteiger partial charge in [-0.1, -0.05) is 25.5 Å². The van der Waals surface area contributed by atoms with Crippen LogP contribution in [0.3, 0.4) is 0 Å². The summed E-state index contributed by atoms with van der Waals surface area (Å²) < 4.78 is 1.65. The van der Waals surface area contributed by atoms with E-state index in [1.54, 1.807) is 10.6 Å². The number of aryl methyl sites for hydroxylation is 1. The van der Waals surface area contributed by atoms with Crippen molar-refractivity contribution in [3.8, 4) is 11.1 Å². The Kier molecular flexibility index (Phi) is 5.09. The van der Waals surface area contributed by atoms with Crippen molar-refractivity contribution >= 4 is 23.7 Å². The summed E-state index contributed by atoms with van der Waals surface area (Å²) in [5.74, 6) is 0. The van der Waals surface area contributed by atoms with Crippen LogP contribution in [0.4, 0.5) is 5.69 Å². The van der Waals surface area contributed by atoms with E-state index in [9.17, 15) is 4.79 Å². The lowest BCUT2D eigenvalue weighted by Crippen LogP contribution is -2.20. The van der Waals surface area contributed by atoms with Crippen LogP contribution in [0.15, 0.2) is 47.4 Å². The van der Waals surface area contributed by atoms with Gasteiger partial charge < -0.3 is 5.32 Å². The summed E-state index contributed by atoms with van der Waals surface area (Å²) in [7, 11) is 0. The number of halogens is 1. The highest BCUT2D eigenvalue weighted by molar-refractivity contribution is 5.85. The maximum atomic E-state index is 13.1. The SMILES string of the molecule is CCCCc1nc2ccccn2c(=O)c1-c1ccc2c(c1)CCN2.Cl. The molecule has 130 valence electrons. The Hall–Kier alpha value is -2.33. The van der Waals surface area contributed by atoms with Gasteiger partial charge in [0.1, 0.15) is 5.65 Å². The van der Waals surface area contributed by atoms with Crippen LogP contribution < -0.4 is 10.9 Å². The molecule has 4 nitrogen and oxygen atoms in total. The molecule has 3 heterocycles. The summed E-state index contributed by atoms with van der Waals surface area (Å²) >= 11 is 0. The van der Waals surface area contributed by atoms with Crippen LogP contribution >= 0.6 is 12.4 Å². The smallest absolute Gasteiger partial charge is 0.265 e. The molecular weight excluding hydrogens is 334 g/mol. The molecule has 0 spiro atoms. The summed E-state index contributed by atoms with van der Waals surface area (Å²) in [4.78, 5) is 17.9. The van der Waals surface area contributed by atoms with Crippen LogP contribution in [-0.2, 0) is 12.8 Å². The number of hydrogen-bond acceptors (Lipinski definition) is 3. The average Bonchev–Trinajstić information content (AvgIpc) is 3.07. The largest absolute Gasteiger partial charge is 0.384 e. The first-order valence-electron chi connectivity index (χ1n) is 8.65. The molecule has 0 fully saturated rings. The summed E-state index contributed by atoms with van der Waals surface area (Å²) in [6.07, 6.45) is 5.77. The third kappa shape index (κ3) is 3.14. The number of pyridine rings is 1. The molecule has 0 radical (unpaired) electrons. The van der Waals surface area contributed by atoms with Gasteiger partial charge in [0.15, 0.2) is 0 Å². The molecule has 0 saturated carbocycles. The van der Waals surface area contributed by atoms with E-state index < -0.39 is 0 Å². The number of aromatic nitrogens is 2. The molecule has 0 bridgehead atoms. The van der Waals surface area contributed by atoms with E-state index in [-0.39, 0.29) is 18.0 Å². The zero-order valence-electron chi connectivity index (χ0n) is 14.3. The molecule has 4 rings (SSSR count). The fraction of sp³-hybridized carbons (Fsp3) is 0.300. The van der Waals surface area contributed by atoms with Gasteiger partial charge in [-0.05, 0) is 54.7 Å². The minimum atomic E-state index is 0. The molecule has 25 heavy (non-hydrogen) atoms. The van der Waals surface area contributed by atoms with Crippen molar-refractivity contribution in [2.75, 3.05) is 11.9 Å². The third-order valence-corrected chi connectivity index (χ3v) is 4.68. The lowest BCUT2D eigenvalue weighted by Gasteiger charge is -2.12. The molecule has 1 aliphatic heterocycles. The molecule has 2 aromatic heterocycles. The maximum Gasteiger partial charge on any atom is 0.265 e. The van der Waals surface area contributed by atoms with Gasteiger partial charge in [-0.15, -0.1) is 12.4 Å². The minimum Gasteiger partial charge on any atom is -0.384 e. The lowest BCUT2D eigenvalue weighted by molar-refractivity contribution is 0.774. The molecule has 0 aliphatic carbocycles. The Morgan fingerprint density at radius 1 is 1.24 bits per heavy atom. The van der Waals surface area contributed by atoms with Crippen molar-refractivity contribution < 1.29 is 0 Å². The van der Waals surface area contributed by atoms with Crippen LogP contribution in [0.5, 0.6) is 0 Å². The van der Waals surface area contributed by atoms with Crippen molar-refractivity contribution in [1.82, 2.24) is 9.38 Å². The summed E-state index contributed by atoms with van der Waals surface area (Å²) in [5, 5.41) is 3.37. The number of rotatable bonds is 4. The van der Waals surface area contributed by atoms with E-state index in [1.807, 2.05) is 24.3 Å². The molecule has 3 aromatic rings. The third-order valence-electron chi connectivity index (χ3n) is 4.68. The molecule has 1 aliphatic rings. The van der Waals surface area contributed by atoms with E-state index >= 15 is 0 Å². The number of fused-ring (bicyclic) bond motifs is 2. The summed E-state index contributed by atoms with van der Waals surface area (Å²) in [6.45, 7) is 3.13. The fourth-order valence-corrected chi connectivity index (χ4v) is 3.41. The van der Waals surface area contributed by atoms with E-state index in [2.05, 4.69) is 24.4 Å². The molecular formula is C20H22ClN3O. The predicted octanol–water partition coefficient (Wildman–Crippen LogP) is 4.09. The van der Waals surface area contributed by atoms with Crippen LogP contribution in [0.2, 0.25) is 0 Å².